The van der Waals surface area contributed by atoms with Crippen LogP contribution in [-0.2, 0) is 7.05 Å². The first-order chi connectivity index (χ1) is 6.27. The molecular formula is C10H17N3. The Morgan fingerprint density at radius 1 is 1.62 bits per heavy atom. The van der Waals surface area contributed by atoms with Crippen molar-refractivity contribution in [3.8, 4) is 0 Å². The molecule has 72 valence electrons. The molecule has 1 aromatic rings. The first kappa shape index (κ1) is 8.75. The van der Waals surface area contributed by atoms with E-state index in [0.29, 0.717) is 5.92 Å². The second kappa shape index (κ2) is 3.50. The van der Waals surface area contributed by atoms with Crippen LogP contribution in [0.2, 0.25) is 0 Å². The fourth-order valence-electron chi connectivity index (χ4n) is 1.89. The van der Waals surface area contributed by atoms with Gasteiger partial charge in [-0.2, -0.15) is 5.10 Å². The van der Waals surface area contributed by atoms with Crippen LogP contribution in [0.15, 0.2) is 6.07 Å². The van der Waals surface area contributed by atoms with Crippen LogP contribution in [-0.4, -0.2) is 22.9 Å². The minimum Gasteiger partial charge on any atom is -0.316 e. The van der Waals surface area contributed by atoms with Crippen LogP contribution in [0.1, 0.15) is 30.1 Å². The van der Waals surface area contributed by atoms with Gasteiger partial charge in [0.1, 0.15) is 0 Å². The monoisotopic (exact) mass is 179 g/mol. The summed E-state index contributed by atoms with van der Waals surface area (Å²) in [6, 6.07) is 2.21. The summed E-state index contributed by atoms with van der Waals surface area (Å²) in [5.74, 6) is 0.633. The molecule has 3 nitrogen and oxygen atoms in total. The normalized spacial score (nSPS) is 23.4. The van der Waals surface area contributed by atoms with Gasteiger partial charge in [0.25, 0.3) is 0 Å². The van der Waals surface area contributed by atoms with E-state index in [2.05, 4.69) is 23.4 Å². The van der Waals surface area contributed by atoms with Crippen LogP contribution in [0.5, 0.6) is 0 Å². The molecule has 1 unspecified atom stereocenters. The number of nitrogens with zero attached hydrogens (tertiary/aromatic N) is 2. The van der Waals surface area contributed by atoms with Gasteiger partial charge in [-0.3, -0.25) is 4.68 Å². The maximum Gasteiger partial charge on any atom is 0.0670 e. The molecule has 0 bridgehead atoms. The van der Waals surface area contributed by atoms with Crippen molar-refractivity contribution in [1.29, 1.82) is 0 Å². The molecule has 1 fully saturated rings. The quantitative estimate of drug-likeness (QED) is 0.702. The second-order valence-corrected chi connectivity index (χ2v) is 3.88. The first-order valence-corrected chi connectivity index (χ1v) is 4.98. The minimum atomic E-state index is 0.633. The van der Waals surface area contributed by atoms with Gasteiger partial charge in [0, 0.05) is 25.2 Å². The fourth-order valence-corrected chi connectivity index (χ4v) is 1.89. The molecule has 0 aliphatic carbocycles. The van der Waals surface area contributed by atoms with Gasteiger partial charge in [0.2, 0.25) is 0 Å². The lowest BCUT2D eigenvalue weighted by atomic mass is 9.96. The average molecular weight is 179 g/mol. The highest BCUT2D eigenvalue weighted by molar-refractivity contribution is 5.14. The van der Waals surface area contributed by atoms with Crippen molar-refractivity contribution in [3.63, 3.8) is 0 Å². The van der Waals surface area contributed by atoms with Gasteiger partial charge < -0.3 is 5.32 Å². The molecule has 1 aliphatic heterocycles. The van der Waals surface area contributed by atoms with Crippen molar-refractivity contribution in [2.75, 3.05) is 13.1 Å². The SMILES string of the molecule is Cc1cc(C2CCCNC2)nn1C. The van der Waals surface area contributed by atoms with Gasteiger partial charge in [0.05, 0.1) is 5.69 Å². The number of aryl methyl sites for hydroxylation is 2. The Morgan fingerprint density at radius 2 is 2.46 bits per heavy atom. The Morgan fingerprint density at radius 3 is 3.00 bits per heavy atom. The third kappa shape index (κ3) is 1.75. The average Bonchev–Trinajstić information content (AvgIpc) is 2.49. The summed E-state index contributed by atoms with van der Waals surface area (Å²) >= 11 is 0. The van der Waals surface area contributed by atoms with Crippen LogP contribution in [0.4, 0.5) is 0 Å². The molecule has 1 N–H and O–H groups in total. The molecule has 13 heavy (non-hydrogen) atoms. The molecule has 0 radical (unpaired) electrons. The van der Waals surface area contributed by atoms with E-state index >= 15 is 0 Å². The third-order valence-electron chi connectivity index (χ3n) is 2.85. The second-order valence-electron chi connectivity index (χ2n) is 3.88. The van der Waals surface area contributed by atoms with Crippen molar-refractivity contribution in [2.24, 2.45) is 7.05 Å². The third-order valence-corrected chi connectivity index (χ3v) is 2.85. The number of hydrogen-bond acceptors (Lipinski definition) is 2. The maximum absolute atomic E-state index is 4.51. The van der Waals surface area contributed by atoms with Crippen LogP contribution < -0.4 is 5.32 Å². The molecule has 1 saturated heterocycles. The van der Waals surface area contributed by atoms with Gasteiger partial charge in [-0.15, -0.1) is 0 Å². The summed E-state index contributed by atoms with van der Waals surface area (Å²) in [5.41, 5.74) is 2.51. The van der Waals surface area contributed by atoms with Crippen molar-refractivity contribution in [3.05, 3.63) is 17.5 Å². The van der Waals surface area contributed by atoms with Crippen LogP contribution in [0.25, 0.3) is 0 Å². The summed E-state index contributed by atoms with van der Waals surface area (Å²) in [6.45, 7) is 4.37. The molecule has 1 aromatic heterocycles. The van der Waals surface area contributed by atoms with E-state index < -0.39 is 0 Å². The Bertz CT molecular complexity index is 265. The van der Waals surface area contributed by atoms with Crippen molar-refractivity contribution < 1.29 is 0 Å². The predicted molar refractivity (Wildman–Crippen MR) is 52.8 cm³/mol. The predicted octanol–water partition coefficient (Wildman–Crippen LogP) is 1.20. The summed E-state index contributed by atoms with van der Waals surface area (Å²) in [4.78, 5) is 0. The Balaban J connectivity index is 2.14. The van der Waals surface area contributed by atoms with E-state index in [9.17, 15) is 0 Å². The molecule has 2 rings (SSSR count). The lowest BCUT2D eigenvalue weighted by Crippen LogP contribution is -2.28. The van der Waals surface area contributed by atoms with Crippen LogP contribution in [0.3, 0.4) is 0 Å². The highest BCUT2D eigenvalue weighted by atomic mass is 15.3. The van der Waals surface area contributed by atoms with Gasteiger partial charge in [-0.1, -0.05) is 0 Å². The van der Waals surface area contributed by atoms with Gasteiger partial charge >= 0.3 is 0 Å². The molecule has 1 aliphatic rings. The highest BCUT2D eigenvalue weighted by Gasteiger charge is 2.17. The Kier molecular flexibility index (Phi) is 2.36. The minimum absolute atomic E-state index is 0.633. The van der Waals surface area contributed by atoms with Gasteiger partial charge in [-0.05, 0) is 32.4 Å². The standard InChI is InChI=1S/C10H17N3/c1-8-6-10(12-13(8)2)9-4-3-5-11-7-9/h6,9,11H,3-5,7H2,1-2H3. The van der Waals surface area contributed by atoms with Crippen molar-refractivity contribution in [2.45, 2.75) is 25.7 Å². The fraction of sp³-hybridized carbons (Fsp3) is 0.700. The largest absolute Gasteiger partial charge is 0.316 e. The molecule has 2 heterocycles. The lowest BCUT2D eigenvalue weighted by Gasteiger charge is -2.20. The van der Waals surface area contributed by atoms with E-state index in [-0.39, 0.29) is 0 Å². The number of rotatable bonds is 1. The molecular weight excluding hydrogens is 162 g/mol. The topological polar surface area (TPSA) is 29.9 Å². The van der Waals surface area contributed by atoms with E-state index in [4.69, 9.17) is 0 Å². The summed E-state index contributed by atoms with van der Waals surface area (Å²) in [7, 11) is 2.01. The maximum atomic E-state index is 4.51. The zero-order chi connectivity index (χ0) is 9.26. The van der Waals surface area contributed by atoms with Crippen molar-refractivity contribution in [1.82, 2.24) is 15.1 Å². The summed E-state index contributed by atoms with van der Waals surface area (Å²) < 4.78 is 1.96. The Hall–Kier alpha value is -0.830. The summed E-state index contributed by atoms with van der Waals surface area (Å²) in [5, 5.41) is 7.92. The Labute approximate surface area is 79.1 Å². The van der Waals surface area contributed by atoms with E-state index in [1.54, 1.807) is 0 Å². The number of nitrogens with one attached hydrogen (secondary N) is 1. The van der Waals surface area contributed by atoms with E-state index in [1.807, 2.05) is 11.7 Å². The number of aromatic nitrogens is 2. The summed E-state index contributed by atoms with van der Waals surface area (Å²) in [6.07, 6.45) is 2.56. The molecule has 0 aromatic carbocycles. The van der Waals surface area contributed by atoms with Gasteiger partial charge in [-0.25, -0.2) is 0 Å². The number of hydrogen-bond donors (Lipinski definition) is 1. The lowest BCUT2D eigenvalue weighted by molar-refractivity contribution is 0.451. The molecule has 3 heteroatoms. The molecule has 1 atom stereocenters. The van der Waals surface area contributed by atoms with Gasteiger partial charge in [0.15, 0.2) is 0 Å². The molecule has 0 saturated carbocycles. The number of piperidine rings is 1. The van der Waals surface area contributed by atoms with E-state index in [1.165, 1.54) is 30.8 Å². The molecule has 0 spiro atoms. The zero-order valence-corrected chi connectivity index (χ0v) is 8.38. The van der Waals surface area contributed by atoms with E-state index in [0.717, 1.165) is 6.54 Å². The van der Waals surface area contributed by atoms with Crippen LogP contribution >= 0.6 is 0 Å². The zero-order valence-electron chi connectivity index (χ0n) is 8.38. The first-order valence-electron chi connectivity index (χ1n) is 4.98. The molecule has 0 amide bonds. The van der Waals surface area contributed by atoms with Crippen molar-refractivity contribution >= 4 is 0 Å². The highest BCUT2D eigenvalue weighted by Crippen LogP contribution is 2.22. The smallest absolute Gasteiger partial charge is 0.0670 e. The van der Waals surface area contributed by atoms with Crippen LogP contribution in [0, 0.1) is 6.92 Å².